The van der Waals surface area contributed by atoms with Gasteiger partial charge in [-0.25, -0.2) is 8.78 Å². The number of carbonyl (C=O) groups excluding carboxylic acids is 1. The van der Waals surface area contributed by atoms with Crippen LogP contribution in [0.15, 0.2) is 48.5 Å². The van der Waals surface area contributed by atoms with Gasteiger partial charge in [0.25, 0.3) is 0 Å². The number of ether oxygens (including phenoxy) is 1. The Morgan fingerprint density at radius 2 is 1.84 bits per heavy atom. The maximum absolute atomic E-state index is 16.4. The van der Waals surface area contributed by atoms with Crippen LogP contribution in [0.25, 0.3) is 11.1 Å². The zero-order valence-electron chi connectivity index (χ0n) is 24.7. The summed E-state index contributed by atoms with van der Waals surface area (Å²) in [6, 6.07) is 13.8. The molecule has 1 amide bonds. The van der Waals surface area contributed by atoms with E-state index in [9.17, 15) is 15.0 Å². The van der Waals surface area contributed by atoms with Crippen molar-refractivity contribution in [2.24, 2.45) is 5.73 Å². The fraction of sp³-hybridized carbons (Fsp3) is 0.441. The number of hydrogen-bond acceptors (Lipinski definition) is 5. The van der Waals surface area contributed by atoms with Crippen molar-refractivity contribution in [1.82, 2.24) is 5.32 Å². The first-order valence-corrected chi connectivity index (χ1v) is 15.2. The van der Waals surface area contributed by atoms with Crippen LogP contribution in [-0.4, -0.2) is 40.4 Å². The largest absolute Gasteiger partial charge is 0.480 e. The first kappa shape index (κ1) is 31.4. The zero-order valence-corrected chi connectivity index (χ0v) is 25.5. The summed E-state index contributed by atoms with van der Waals surface area (Å²) in [5.41, 5.74) is 5.36. The number of aryl methyl sites for hydroxylation is 1. The molecule has 1 saturated carbocycles. The van der Waals surface area contributed by atoms with Gasteiger partial charge in [-0.1, -0.05) is 54.9 Å². The third-order valence-corrected chi connectivity index (χ3v) is 9.56. The average molecular weight is 613 g/mol. The van der Waals surface area contributed by atoms with Crippen LogP contribution in [0.3, 0.4) is 0 Å². The summed E-state index contributed by atoms with van der Waals surface area (Å²) >= 11 is 6.64. The molecule has 0 unspecified atom stereocenters. The first-order valence-electron chi connectivity index (χ1n) is 14.9. The smallest absolute Gasteiger partial charge is 0.249 e. The maximum Gasteiger partial charge on any atom is 0.249 e. The van der Waals surface area contributed by atoms with Crippen molar-refractivity contribution in [2.75, 3.05) is 6.54 Å². The number of aliphatic hydroxyl groups excluding tert-OH is 1. The lowest BCUT2D eigenvalue weighted by molar-refractivity contribution is 0.00890. The van der Waals surface area contributed by atoms with E-state index in [0.717, 1.165) is 18.4 Å². The molecule has 9 heteroatoms. The third kappa shape index (κ3) is 6.03. The molecule has 0 aromatic heterocycles. The number of primary amides is 1. The lowest BCUT2D eigenvalue weighted by Gasteiger charge is -2.38. The second kappa shape index (κ2) is 12.2. The van der Waals surface area contributed by atoms with Crippen LogP contribution in [-0.2, 0) is 12.0 Å². The Kier molecular flexibility index (Phi) is 8.87. The highest BCUT2D eigenvalue weighted by Gasteiger charge is 2.50. The number of nitrogens with one attached hydrogen (secondary N) is 1. The molecule has 2 aliphatic rings. The Bertz CT molecular complexity index is 1500. The van der Waals surface area contributed by atoms with Gasteiger partial charge in [0.15, 0.2) is 5.60 Å². The van der Waals surface area contributed by atoms with Crippen molar-refractivity contribution >= 4 is 17.5 Å². The minimum absolute atomic E-state index is 0.0425. The summed E-state index contributed by atoms with van der Waals surface area (Å²) < 4.78 is 38.6. The van der Waals surface area contributed by atoms with E-state index < -0.39 is 40.8 Å². The van der Waals surface area contributed by atoms with Gasteiger partial charge in [-0.2, -0.15) is 0 Å². The summed E-state index contributed by atoms with van der Waals surface area (Å²) in [6.07, 6.45) is 2.75. The Hall–Kier alpha value is -3.04. The molecule has 3 atom stereocenters. The summed E-state index contributed by atoms with van der Waals surface area (Å²) in [6.45, 7) is 5.76. The summed E-state index contributed by atoms with van der Waals surface area (Å²) in [5.74, 6) is -2.66. The molecule has 230 valence electrons. The molecule has 5 rings (SSSR count). The van der Waals surface area contributed by atoms with E-state index in [0.29, 0.717) is 31.4 Å². The molecule has 6 nitrogen and oxygen atoms in total. The summed E-state index contributed by atoms with van der Waals surface area (Å²) in [7, 11) is 0. The number of halogens is 3. The number of nitrogens with two attached hydrogens (primary N) is 1. The minimum atomic E-state index is -1.01. The standard InChI is InChI=1S/C34H39ClF2N2O4/c1-19(40)9-10-21-11-12-24(32(38)41)28(31(21)37)29-27-20(2)34(22-7-5-4-6-8-22,43-26(27)17-25(36)30(29)35)18-39-23-13-15-33(3,42)16-14-23/h4-8,11-12,17,19-20,23,39-40,42H,9-10,13-16,18H2,1-3H3,(H2,38,41)/t19-,20-,23-,33-,34-/m0/s1. The van der Waals surface area contributed by atoms with Gasteiger partial charge >= 0.3 is 0 Å². The quantitative estimate of drug-likeness (QED) is 0.225. The zero-order chi connectivity index (χ0) is 31.1. The lowest BCUT2D eigenvalue weighted by Crippen LogP contribution is -2.49. The molecule has 1 aliphatic carbocycles. The Labute approximate surface area is 256 Å². The number of fused-ring (bicyclic) bond motifs is 1. The van der Waals surface area contributed by atoms with Crippen LogP contribution in [0.5, 0.6) is 5.75 Å². The molecule has 0 bridgehead atoms. The molecule has 5 N–H and O–H groups in total. The monoisotopic (exact) mass is 612 g/mol. The minimum Gasteiger partial charge on any atom is -0.480 e. The number of hydrogen-bond donors (Lipinski definition) is 4. The van der Waals surface area contributed by atoms with Crippen LogP contribution < -0.4 is 15.8 Å². The highest BCUT2D eigenvalue weighted by atomic mass is 35.5. The molecule has 0 spiro atoms. The number of amides is 1. The van der Waals surface area contributed by atoms with Gasteiger partial charge in [0.1, 0.15) is 17.4 Å². The molecule has 1 aliphatic heterocycles. The average Bonchev–Trinajstić information content (AvgIpc) is 3.24. The predicted molar refractivity (Wildman–Crippen MR) is 163 cm³/mol. The topological polar surface area (TPSA) is 105 Å². The van der Waals surface area contributed by atoms with Crippen LogP contribution in [0.4, 0.5) is 8.78 Å². The van der Waals surface area contributed by atoms with Gasteiger partial charge in [-0.15, -0.1) is 0 Å². The van der Waals surface area contributed by atoms with Crippen LogP contribution >= 0.6 is 11.6 Å². The fourth-order valence-corrected chi connectivity index (χ4v) is 6.83. The van der Waals surface area contributed by atoms with E-state index in [1.54, 1.807) is 6.92 Å². The highest BCUT2D eigenvalue weighted by Crippen LogP contribution is 2.56. The van der Waals surface area contributed by atoms with E-state index in [2.05, 4.69) is 5.32 Å². The van der Waals surface area contributed by atoms with Gasteiger partial charge in [0.05, 0.1) is 16.7 Å². The SMILES string of the molecule is C[C@H](O)CCc1ccc(C(N)=O)c(-c2c(Cl)c(F)cc3c2[C@H](C)[C@@](CN[C@H]2CC[C@](C)(O)CC2)(c2ccccc2)O3)c1F. The lowest BCUT2D eigenvalue weighted by atomic mass is 9.76. The van der Waals surface area contributed by atoms with Gasteiger partial charge < -0.3 is 26.0 Å². The highest BCUT2D eigenvalue weighted by molar-refractivity contribution is 6.34. The normalized spacial score (nSPS) is 25.7. The number of aliphatic hydroxyl groups is 2. The van der Waals surface area contributed by atoms with Gasteiger partial charge in [0, 0.05) is 46.8 Å². The van der Waals surface area contributed by atoms with Gasteiger partial charge in [0.2, 0.25) is 5.91 Å². The van der Waals surface area contributed by atoms with Gasteiger partial charge in [-0.05, 0) is 69.6 Å². The van der Waals surface area contributed by atoms with E-state index in [-0.39, 0.29) is 45.5 Å². The van der Waals surface area contributed by atoms with E-state index in [1.807, 2.05) is 44.2 Å². The van der Waals surface area contributed by atoms with E-state index in [1.165, 1.54) is 18.2 Å². The maximum atomic E-state index is 16.4. The van der Waals surface area contributed by atoms with E-state index >= 15 is 8.78 Å². The number of carbonyl (C=O) groups is 1. The van der Waals surface area contributed by atoms with Crippen LogP contribution in [0, 0.1) is 11.6 Å². The third-order valence-electron chi connectivity index (χ3n) is 9.19. The molecule has 0 radical (unpaired) electrons. The fourth-order valence-electron chi connectivity index (χ4n) is 6.58. The summed E-state index contributed by atoms with van der Waals surface area (Å²) in [4.78, 5) is 12.6. The molecule has 1 heterocycles. The van der Waals surface area contributed by atoms with Gasteiger partial charge in [-0.3, -0.25) is 4.79 Å². The van der Waals surface area contributed by atoms with Crippen molar-refractivity contribution in [3.05, 3.63) is 87.4 Å². The first-order chi connectivity index (χ1) is 20.3. The molecule has 1 fully saturated rings. The molecular formula is C34H39ClF2N2O4. The molecule has 43 heavy (non-hydrogen) atoms. The molecular weight excluding hydrogens is 574 g/mol. The Morgan fingerprint density at radius 3 is 2.47 bits per heavy atom. The second-order valence-corrected chi connectivity index (χ2v) is 12.8. The van der Waals surface area contributed by atoms with Crippen molar-refractivity contribution in [3.63, 3.8) is 0 Å². The van der Waals surface area contributed by atoms with Crippen LogP contribution in [0.1, 0.15) is 85.8 Å². The molecule has 3 aromatic rings. The molecule has 3 aromatic carbocycles. The van der Waals surface area contributed by atoms with Crippen molar-refractivity contribution in [1.29, 1.82) is 0 Å². The van der Waals surface area contributed by atoms with Crippen LogP contribution in [0.2, 0.25) is 5.02 Å². The van der Waals surface area contributed by atoms with Crippen molar-refractivity contribution < 1.29 is 28.5 Å². The number of rotatable bonds is 9. The van der Waals surface area contributed by atoms with Crippen molar-refractivity contribution in [2.45, 2.75) is 88.6 Å². The van der Waals surface area contributed by atoms with E-state index in [4.69, 9.17) is 22.1 Å². The summed E-state index contributed by atoms with van der Waals surface area (Å²) in [5, 5.41) is 23.6. The second-order valence-electron chi connectivity index (χ2n) is 12.4. The Morgan fingerprint density at radius 1 is 1.16 bits per heavy atom. The van der Waals surface area contributed by atoms with Crippen molar-refractivity contribution in [3.8, 4) is 16.9 Å². The Balaban J connectivity index is 1.64. The molecule has 0 saturated heterocycles. The predicted octanol–water partition coefficient (Wildman–Crippen LogP) is 6.37. The number of benzene rings is 3.